The molecule has 2 aromatic carbocycles. The third kappa shape index (κ3) is 2.73. The van der Waals surface area contributed by atoms with E-state index in [0.29, 0.717) is 17.9 Å². The van der Waals surface area contributed by atoms with Crippen molar-refractivity contribution in [3.05, 3.63) is 41.0 Å². The molecule has 0 saturated heterocycles. The van der Waals surface area contributed by atoms with E-state index < -0.39 is 6.10 Å². The molecule has 3 atom stereocenters. The predicted octanol–water partition coefficient (Wildman–Crippen LogP) is 1.39. The van der Waals surface area contributed by atoms with Crippen molar-refractivity contribution < 1.29 is 33.7 Å². The number of quaternary nitrogens is 1. The molecule has 3 aliphatic rings. The normalized spacial score (nSPS) is 22.7. The number of fused-ring (bicyclic) bond motifs is 3. The zero-order chi connectivity index (χ0) is 19.3. The molecule has 0 spiro atoms. The van der Waals surface area contributed by atoms with Crippen molar-refractivity contribution in [2.75, 3.05) is 34.3 Å². The first kappa shape index (κ1) is 17.5. The van der Waals surface area contributed by atoms with Gasteiger partial charge in [0.2, 0.25) is 19.3 Å². The highest BCUT2D eigenvalue weighted by Crippen LogP contribution is 2.48. The second-order valence-corrected chi connectivity index (χ2v) is 7.48. The number of likely N-dealkylation sites (N-methyl/N-ethyl adjacent to an activating group) is 1. The average molecular weight is 386 g/mol. The molecule has 0 aromatic heterocycles. The first-order valence-electron chi connectivity index (χ1n) is 9.55. The van der Waals surface area contributed by atoms with Crippen LogP contribution in [0.1, 0.15) is 35.3 Å². The monoisotopic (exact) mass is 386 g/mol. The Hall–Kier alpha value is -2.64. The summed E-state index contributed by atoms with van der Waals surface area (Å²) in [5, 5.41) is 11.0. The van der Waals surface area contributed by atoms with E-state index in [1.807, 2.05) is 18.2 Å². The molecule has 7 nitrogen and oxygen atoms in total. The molecule has 148 valence electrons. The van der Waals surface area contributed by atoms with Crippen LogP contribution in [0.25, 0.3) is 0 Å². The third-order valence-corrected chi connectivity index (χ3v) is 5.92. The van der Waals surface area contributed by atoms with Crippen LogP contribution in [0.5, 0.6) is 28.7 Å². The summed E-state index contributed by atoms with van der Waals surface area (Å²) in [6.07, 6.45) is 0.870. The molecule has 1 unspecified atom stereocenters. The first-order valence-corrected chi connectivity index (χ1v) is 9.55. The Kier molecular flexibility index (Phi) is 4.21. The van der Waals surface area contributed by atoms with Gasteiger partial charge in [0.1, 0.15) is 6.04 Å². The highest BCUT2D eigenvalue weighted by molar-refractivity contribution is 5.61. The smallest absolute Gasteiger partial charge is 0.231 e. The van der Waals surface area contributed by atoms with Crippen LogP contribution in [0.2, 0.25) is 0 Å². The van der Waals surface area contributed by atoms with Crippen LogP contribution in [-0.4, -0.2) is 39.4 Å². The molecule has 2 aromatic rings. The minimum atomic E-state index is -0.629. The zero-order valence-electron chi connectivity index (χ0n) is 16.0. The number of hydrogen-bond donors (Lipinski definition) is 2. The molecule has 0 fully saturated rings. The van der Waals surface area contributed by atoms with Gasteiger partial charge in [0, 0.05) is 12.8 Å². The van der Waals surface area contributed by atoms with E-state index in [9.17, 15) is 5.11 Å². The van der Waals surface area contributed by atoms with Crippen molar-refractivity contribution in [2.24, 2.45) is 0 Å². The number of benzene rings is 2. The zero-order valence-corrected chi connectivity index (χ0v) is 16.0. The van der Waals surface area contributed by atoms with Gasteiger partial charge in [-0.25, -0.2) is 0 Å². The molecule has 0 saturated carbocycles. The highest BCUT2D eigenvalue weighted by atomic mass is 16.7. The lowest BCUT2D eigenvalue weighted by atomic mass is 9.87. The Morgan fingerprint density at radius 1 is 1.11 bits per heavy atom. The number of aliphatic hydroxyl groups is 1. The summed E-state index contributed by atoms with van der Waals surface area (Å²) >= 11 is 0. The van der Waals surface area contributed by atoms with Crippen molar-refractivity contribution in [3.8, 4) is 28.7 Å². The lowest BCUT2D eigenvalue weighted by Crippen LogP contribution is -3.10. The van der Waals surface area contributed by atoms with E-state index in [2.05, 4.69) is 13.1 Å². The second kappa shape index (κ2) is 6.76. The summed E-state index contributed by atoms with van der Waals surface area (Å²) in [4.78, 5) is 1.34. The largest absolute Gasteiger partial charge is 0.492 e. The topological polar surface area (TPSA) is 70.8 Å². The molecule has 5 rings (SSSR count). The Bertz CT molecular complexity index is 914. The Morgan fingerprint density at radius 2 is 1.89 bits per heavy atom. The van der Waals surface area contributed by atoms with Gasteiger partial charge < -0.3 is 33.7 Å². The van der Waals surface area contributed by atoms with Crippen molar-refractivity contribution in [1.82, 2.24) is 0 Å². The van der Waals surface area contributed by atoms with Crippen molar-refractivity contribution in [3.63, 3.8) is 0 Å². The highest BCUT2D eigenvalue weighted by Gasteiger charge is 2.37. The van der Waals surface area contributed by atoms with Crippen molar-refractivity contribution >= 4 is 0 Å². The summed E-state index contributed by atoms with van der Waals surface area (Å²) in [6.45, 7) is 1.41. The molecule has 0 amide bonds. The summed E-state index contributed by atoms with van der Waals surface area (Å²) in [5.74, 6) is 3.54. The SMILES string of the molecule is COc1c2c(cc3c1[C@@H](C[C@H](O)c1ccc4c(c1)OCO4)[NH+](C)CC3)OCO2. The van der Waals surface area contributed by atoms with Crippen molar-refractivity contribution in [2.45, 2.75) is 25.0 Å². The predicted molar refractivity (Wildman–Crippen MR) is 99.5 cm³/mol. The lowest BCUT2D eigenvalue weighted by Gasteiger charge is -2.34. The van der Waals surface area contributed by atoms with Crippen LogP contribution in [0.3, 0.4) is 0 Å². The minimum Gasteiger partial charge on any atom is -0.492 e. The lowest BCUT2D eigenvalue weighted by molar-refractivity contribution is -0.915. The quantitative estimate of drug-likeness (QED) is 0.828. The molecule has 2 N–H and O–H groups in total. The number of nitrogens with one attached hydrogen (secondary N) is 1. The van der Waals surface area contributed by atoms with E-state index >= 15 is 0 Å². The molecule has 3 aliphatic heterocycles. The number of ether oxygens (including phenoxy) is 5. The first-order chi connectivity index (χ1) is 13.7. The van der Waals surface area contributed by atoms with E-state index in [1.165, 1.54) is 10.5 Å². The Labute approximate surface area is 163 Å². The molecule has 28 heavy (non-hydrogen) atoms. The fourth-order valence-electron chi connectivity index (χ4n) is 4.42. The molecule has 0 radical (unpaired) electrons. The summed E-state index contributed by atoms with van der Waals surface area (Å²) in [6, 6.07) is 7.75. The molecule has 3 heterocycles. The van der Waals surface area contributed by atoms with E-state index in [4.69, 9.17) is 23.7 Å². The van der Waals surface area contributed by atoms with Gasteiger partial charge in [-0.3, -0.25) is 0 Å². The average Bonchev–Trinajstić information content (AvgIpc) is 3.36. The standard InChI is InChI=1S/C21H23NO6/c1-22-6-5-13-8-18-20(28-11-27-18)21(24-2)19(13)14(22)9-15(23)12-3-4-16-17(7-12)26-10-25-16/h3-4,7-8,14-15,23H,5-6,9-11H2,1-2H3/p+1/t14-,15+/m1/s1. The third-order valence-electron chi connectivity index (χ3n) is 5.92. The van der Waals surface area contributed by atoms with Gasteiger partial charge in [-0.05, 0) is 29.3 Å². The van der Waals surface area contributed by atoms with Gasteiger partial charge in [-0.2, -0.15) is 0 Å². The van der Waals surface area contributed by atoms with Gasteiger partial charge in [-0.15, -0.1) is 0 Å². The minimum absolute atomic E-state index is 0.0774. The molecular formula is C21H24NO6+. The van der Waals surface area contributed by atoms with Crippen LogP contribution < -0.4 is 28.6 Å². The fraction of sp³-hybridized carbons (Fsp3) is 0.429. The summed E-state index contributed by atoms with van der Waals surface area (Å²) < 4.78 is 27.8. The van der Waals surface area contributed by atoms with Gasteiger partial charge in [-0.1, -0.05) is 6.07 Å². The Morgan fingerprint density at radius 3 is 2.75 bits per heavy atom. The van der Waals surface area contributed by atoms with Gasteiger partial charge in [0.15, 0.2) is 23.0 Å². The maximum absolute atomic E-state index is 11.0. The second-order valence-electron chi connectivity index (χ2n) is 7.48. The Balaban J connectivity index is 1.49. The summed E-state index contributed by atoms with van der Waals surface area (Å²) in [5.41, 5.74) is 3.13. The number of rotatable bonds is 4. The number of methoxy groups -OCH3 is 1. The number of hydrogen-bond acceptors (Lipinski definition) is 6. The van der Waals surface area contributed by atoms with Gasteiger partial charge in [0.05, 0.1) is 32.4 Å². The maximum atomic E-state index is 11.0. The van der Waals surface area contributed by atoms with Crippen LogP contribution in [0.15, 0.2) is 24.3 Å². The number of aliphatic hydroxyl groups excluding tert-OH is 1. The van der Waals surface area contributed by atoms with E-state index in [1.54, 1.807) is 7.11 Å². The molecule has 0 bridgehead atoms. The summed E-state index contributed by atoms with van der Waals surface area (Å²) in [7, 11) is 3.82. The van der Waals surface area contributed by atoms with Crippen LogP contribution >= 0.6 is 0 Å². The fourth-order valence-corrected chi connectivity index (χ4v) is 4.42. The van der Waals surface area contributed by atoms with E-state index in [-0.39, 0.29) is 19.6 Å². The van der Waals surface area contributed by atoms with Crippen LogP contribution in [0.4, 0.5) is 0 Å². The van der Waals surface area contributed by atoms with Crippen LogP contribution in [-0.2, 0) is 6.42 Å². The maximum Gasteiger partial charge on any atom is 0.231 e. The molecule has 0 aliphatic carbocycles. The van der Waals surface area contributed by atoms with E-state index in [0.717, 1.165) is 41.3 Å². The molecule has 7 heteroatoms. The van der Waals surface area contributed by atoms with Crippen molar-refractivity contribution in [1.29, 1.82) is 0 Å². The van der Waals surface area contributed by atoms with Crippen LogP contribution in [0, 0.1) is 0 Å². The van der Waals surface area contributed by atoms with Gasteiger partial charge >= 0.3 is 0 Å². The molecular weight excluding hydrogens is 362 g/mol. The van der Waals surface area contributed by atoms with Gasteiger partial charge in [0.25, 0.3) is 0 Å².